The molecule has 2 heterocycles. The molecule has 0 atom stereocenters. The maximum atomic E-state index is 4.27. The van der Waals surface area contributed by atoms with Crippen molar-refractivity contribution >= 4 is 11.5 Å². The van der Waals surface area contributed by atoms with Crippen LogP contribution in [0.25, 0.3) is 0 Å². The highest BCUT2D eigenvalue weighted by atomic mass is 15.0. The molecule has 2 N–H and O–H groups in total. The van der Waals surface area contributed by atoms with Gasteiger partial charge in [0.1, 0.15) is 5.82 Å². The van der Waals surface area contributed by atoms with Crippen molar-refractivity contribution in [3.8, 4) is 0 Å². The Morgan fingerprint density at radius 1 is 1.17 bits per heavy atom. The van der Waals surface area contributed by atoms with Gasteiger partial charge < -0.3 is 10.6 Å². The summed E-state index contributed by atoms with van der Waals surface area (Å²) < 4.78 is 0. The van der Waals surface area contributed by atoms with Crippen LogP contribution < -0.4 is 10.6 Å². The molecule has 2 rings (SSSR count). The van der Waals surface area contributed by atoms with Crippen LogP contribution in [0.5, 0.6) is 0 Å². The monoisotopic (exact) mass is 242 g/mol. The molecule has 0 aliphatic heterocycles. The van der Waals surface area contributed by atoms with Crippen LogP contribution >= 0.6 is 0 Å². The first-order chi connectivity index (χ1) is 8.88. The van der Waals surface area contributed by atoms with E-state index in [1.54, 1.807) is 6.20 Å². The van der Waals surface area contributed by atoms with Crippen molar-refractivity contribution in [2.45, 2.75) is 19.9 Å². The van der Waals surface area contributed by atoms with E-state index >= 15 is 0 Å². The van der Waals surface area contributed by atoms with E-state index in [0.29, 0.717) is 0 Å². The van der Waals surface area contributed by atoms with E-state index in [1.807, 2.05) is 30.6 Å². The summed E-state index contributed by atoms with van der Waals surface area (Å²) in [4.78, 5) is 8.36. The third kappa shape index (κ3) is 3.73. The summed E-state index contributed by atoms with van der Waals surface area (Å²) in [6.07, 6.45) is 6.55. The van der Waals surface area contributed by atoms with Crippen LogP contribution in [-0.2, 0) is 6.54 Å². The van der Waals surface area contributed by atoms with Crippen LogP contribution in [0.2, 0.25) is 0 Å². The number of rotatable bonds is 6. The van der Waals surface area contributed by atoms with E-state index in [1.165, 1.54) is 0 Å². The Bertz CT molecular complexity index is 470. The lowest BCUT2D eigenvalue weighted by Crippen LogP contribution is -2.04. The molecule has 0 radical (unpaired) electrons. The van der Waals surface area contributed by atoms with Gasteiger partial charge in [0.05, 0.1) is 0 Å². The smallest absolute Gasteiger partial charge is 0.127 e. The number of anilines is 2. The van der Waals surface area contributed by atoms with Crippen molar-refractivity contribution < 1.29 is 0 Å². The van der Waals surface area contributed by atoms with Crippen LogP contribution in [-0.4, -0.2) is 16.5 Å². The van der Waals surface area contributed by atoms with Crippen molar-refractivity contribution in [3.05, 3.63) is 48.4 Å². The molecule has 0 aliphatic carbocycles. The summed E-state index contributed by atoms with van der Waals surface area (Å²) in [7, 11) is 0. The Morgan fingerprint density at radius 3 is 2.89 bits per heavy atom. The van der Waals surface area contributed by atoms with E-state index in [0.717, 1.165) is 36.6 Å². The SMILES string of the molecule is CCCNc1cc(NCc2cccnc2)ccn1. The average Bonchev–Trinajstić information content (AvgIpc) is 2.44. The molecule has 0 amide bonds. The first-order valence-electron chi connectivity index (χ1n) is 6.21. The summed E-state index contributed by atoms with van der Waals surface area (Å²) >= 11 is 0. The second kappa shape index (κ2) is 6.59. The fourth-order valence-electron chi connectivity index (χ4n) is 1.60. The van der Waals surface area contributed by atoms with Gasteiger partial charge >= 0.3 is 0 Å². The van der Waals surface area contributed by atoms with Crippen LogP contribution in [0, 0.1) is 0 Å². The third-order valence-corrected chi connectivity index (χ3v) is 2.54. The van der Waals surface area contributed by atoms with E-state index in [2.05, 4.69) is 33.6 Å². The van der Waals surface area contributed by atoms with Gasteiger partial charge in [0.2, 0.25) is 0 Å². The lowest BCUT2D eigenvalue weighted by atomic mass is 10.3. The molecule has 0 unspecified atom stereocenters. The molecule has 18 heavy (non-hydrogen) atoms. The molecule has 0 saturated carbocycles. The van der Waals surface area contributed by atoms with Gasteiger partial charge in [-0.1, -0.05) is 13.0 Å². The molecule has 94 valence electrons. The second-order valence-electron chi connectivity index (χ2n) is 4.07. The van der Waals surface area contributed by atoms with E-state index in [-0.39, 0.29) is 0 Å². The second-order valence-corrected chi connectivity index (χ2v) is 4.07. The Hall–Kier alpha value is -2.10. The summed E-state index contributed by atoms with van der Waals surface area (Å²) in [5.74, 6) is 0.910. The fourth-order valence-corrected chi connectivity index (χ4v) is 1.60. The minimum absolute atomic E-state index is 0.769. The Morgan fingerprint density at radius 2 is 2.11 bits per heavy atom. The zero-order chi connectivity index (χ0) is 12.6. The first kappa shape index (κ1) is 12.4. The van der Waals surface area contributed by atoms with E-state index < -0.39 is 0 Å². The van der Waals surface area contributed by atoms with Gasteiger partial charge in [-0.3, -0.25) is 4.98 Å². The van der Waals surface area contributed by atoms with Crippen molar-refractivity contribution in [3.63, 3.8) is 0 Å². The molecule has 0 saturated heterocycles. The van der Waals surface area contributed by atoms with Crippen molar-refractivity contribution in [2.75, 3.05) is 17.2 Å². The molecule has 0 aliphatic rings. The topological polar surface area (TPSA) is 49.8 Å². The minimum Gasteiger partial charge on any atom is -0.381 e. The predicted octanol–water partition coefficient (Wildman–Crippen LogP) is 2.91. The summed E-state index contributed by atoms with van der Waals surface area (Å²) in [5, 5.41) is 6.63. The Kier molecular flexibility index (Phi) is 4.53. The average molecular weight is 242 g/mol. The van der Waals surface area contributed by atoms with E-state index in [4.69, 9.17) is 0 Å². The van der Waals surface area contributed by atoms with Crippen LogP contribution in [0.4, 0.5) is 11.5 Å². The lowest BCUT2D eigenvalue weighted by molar-refractivity contribution is 0.969. The highest BCUT2D eigenvalue weighted by Crippen LogP contribution is 2.13. The lowest BCUT2D eigenvalue weighted by Gasteiger charge is -2.08. The standard InChI is InChI=1S/C14H18N4/c1-2-6-16-14-9-13(5-8-17-14)18-11-12-4-3-7-15-10-12/h3-5,7-10H,2,6,11H2,1H3,(H2,16,17,18). The summed E-state index contributed by atoms with van der Waals surface area (Å²) in [6.45, 7) is 3.85. The molecule has 0 spiro atoms. The minimum atomic E-state index is 0.769. The van der Waals surface area contributed by atoms with Gasteiger partial charge in [0, 0.05) is 43.4 Å². The highest BCUT2D eigenvalue weighted by Gasteiger charge is 1.97. The number of nitrogens with zero attached hydrogens (tertiary/aromatic N) is 2. The van der Waals surface area contributed by atoms with Crippen molar-refractivity contribution in [1.29, 1.82) is 0 Å². The summed E-state index contributed by atoms with van der Waals surface area (Å²) in [6, 6.07) is 7.98. The number of aromatic nitrogens is 2. The van der Waals surface area contributed by atoms with Crippen LogP contribution in [0.3, 0.4) is 0 Å². The third-order valence-electron chi connectivity index (χ3n) is 2.54. The molecular weight excluding hydrogens is 224 g/mol. The van der Waals surface area contributed by atoms with Gasteiger partial charge in [-0.05, 0) is 24.1 Å². The molecule has 0 bridgehead atoms. The molecule has 4 heteroatoms. The highest BCUT2D eigenvalue weighted by molar-refractivity contribution is 5.51. The van der Waals surface area contributed by atoms with Gasteiger partial charge in [0.25, 0.3) is 0 Å². The maximum absolute atomic E-state index is 4.27. The fraction of sp³-hybridized carbons (Fsp3) is 0.286. The van der Waals surface area contributed by atoms with Crippen LogP contribution in [0.1, 0.15) is 18.9 Å². The van der Waals surface area contributed by atoms with Gasteiger partial charge in [-0.2, -0.15) is 0 Å². The Labute approximate surface area is 107 Å². The van der Waals surface area contributed by atoms with Crippen molar-refractivity contribution in [1.82, 2.24) is 9.97 Å². The quantitative estimate of drug-likeness (QED) is 0.817. The number of hydrogen-bond acceptors (Lipinski definition) is 4. The summed E-state index contributed by atoms with van der Waals surface area (Å²) in [5.41, 5.74) is 2.23. The Balaban J connectivity index is 1.93. The number of nitrogens with one attached hydrogen (secondary N) is 2. The molecule has 2 aromatic rings. The molecule has 2 aromatic heterocycles. The van der Waals surface area contributed by atoms with Gasteiger partial charge in [0.15, 0.2) is 0 Å². The molecular formula is C14H18N4. The van der Waals surface area contributed by atoms with E-state index in [9.17, 15) is 0 Å². The first-order valence-corrected chi connectivity index (χ1v) is 6.21. The number of pyridine rings is 2. The normalized spacial score (nSPS) is 10.1. The predicted molar refractivity (Wildman–Crippen MR) is 74.6 cm³/mol. The van der Waals surface area contributed by atoms with Gasteiger partial charge in [-0.25, -0.2) is 4.98 Å². The largest absolute Gasteiger partial charge is 0.381 e. The molecule has 4 nitrogen and oxygen atoms in total. The van der Waals surface area contributed by atoms with Crippen molar-refractivity contribution in [2.24, 2.45) is 0 Å². The maximum Gasteiger partial charge on any atom is 0.127 e. The zero-order valence-corrected chi connectivity index (χ0v) is 10.6. The number of hydrogen-bond donors (Lipinski definition) is 2. The van der Waals surface area contributed by atoms with Gasteiger partial charge in [-0.15, -0.1) is 0 Å². The van der Waals surface area contributed by atoms with Crippen LogP contribution in [0.15, 0.2) is 42.9 Å². The molecule has 0 aromatic carbocycles. The molecule has 0 fully saturated rings. The zero-order valence-electron chi connectivity index (χ0n) is 10.6.